The van der Waals surface area contributed by atoms with Crippen LogP contribution in [0.1, 0.15) is 17.2 Å². The summed E-state index contributed by atoms with van der Waals surface area (Å²) in [5.74, 6) is -0.230. The van der Waals surface area contributed by atoms with Gasteiger partial charge < -0.3 is 10.2 Å². The molecule has 6 heteroatoms. The van der Waals surface area contributed by atoms with Crippen molar-refractivity contribution in [2.45, 2.75) is 12.5 Å². The van der Waals surface area contributed by atoms with Gasteiger partial charge in [0.15, 0.2) is 0 Å². The molecule has 0 aliphatic carbocycles. The first-order valence-electron chi connectivity index (χ1n) is 7.69. The molecule has 2 aromatic rings. The molecule has 0 spiro atoms. The number of rotatable bonds is 7. The van der Waals surface area contributed by atoms with Gasteiger partial charge in [0.05, 0.1) is 17.4 Å². The van der Waals surface area contributed by atoms with Crippen LogP contribution in [0.25, 0.3) is 0 Å². The maximum atomic E-state index is 12.2. The number of hydrogen-bond donors (Lipinski definition) is 1. The van der Waals surface area contributed by atoms with E-state index in [0.717, 1.165) is 5.56 Å². The quantitative estimate of drug-likeness (QED) is 0.626. The van der Waals surface area contributed by atoms with E-state index in [9.17, 15) is 14.9 Å². The van der Waals surface area contributed by atoms with Crippen molar-refractivity contribution in [1.29, 1.82) is 0 Å². The van der Waals surface area contributed by atoms with Crippen molar-refractivity contribution in [3.63, 3.8) is 0 Å². The molecule has 0 radical (unpaired) electrons. The summed E-state index contributed by atoms with van der Waals surface area (Å²) in [4.78, 5) is 24.8. The lowest BCUT2D eigenvalue weighted by Crippen LogP contribution is -2.35. The highest BCUT2D eigenvalue weighted by atomic mass is 16.6. The highest BCUT2D eigenvalue weighted by Crippen LogP contribution is 2.19. The zero-order valence-corrected chi connectivity index (χ0v) is 13.8. The second kappa shape index (κ2) is 8.21. The molecule has 0 heterocycles. The van der Waals surface area contributed by atoms with Crippen LogP contribution in [0, 0.1) is 10.1 Å². The maximum Gasteiger partial charge on any atom is 0.273 e. The highest BCUT2D eigenvalue weighted by Gasteiger charge is 2.18. The Balaban J connectivity index is 2.01. The van der Waals surface area contributed by atoms with Crippen LogP contribution in [0.5, 0.6) is 0 Å². The smallest absolute Gasteiger partial charge is 0.273 e. The predicted molar refractivity (Wildman–Crippen MR) is 92.7 cm³/mol. The van der Waals surface area contributed by atoms with Gasteiger partial charge in [0.1, 0.15) is 0 Å². The highest BCUT2D eigenvalue weighted by molar-refractivity contribution is 5.79. The van der Waals surface area contributed by atoms with Crippen molar-refractivity contribution in [3.8, 4) is 0 Å². The molecule has 0 aliphatic rings. The number of hydrogen-bond acceptors (Lipinski definition) is 4. The summed E-state index contributed by atoms with van der Waals surface area (Å²) in [5, 5.41) is 13.9. The average molecular weight is 327 g/mol. The summed E-state index contributed by atoms with van der Waals surface area (Å²) in [6, 6.07) is 16.2. The van der Waals surface area contributed by atoms with Gasteiger partial charge in [-0.15, -0.1) is 0 Å². The Morgan fingerprint density at radius 2 is 1.75 bits per heavy atom. The van der Waals surface area contributed by atoms with Crippen molar-refractivity contribution >= 4 is 11.6 Å². The molecular formula is C18H21N3O3. The first-order valence-corrected chi connectivity index (χ1v) is 7.69. The fourth-order valence-electron chi connectivity index (χ4n) is 2.56. The van der Waals surface area contributed by atoms with E-state index in [1.54, 1.807) is 18.2 Å². The molecule has 126 valence electrons. The standard InChI is InChI=1S/C18H21N3O3/c1-20(2)17(14-8-4-3-5-9-14)13-19-18(22)12-15-10-6-7-11-16(15)21(23)24/h3-11,17H,12-13H2,1-2H3,(H,19,22)/t17-/m0/s1. The molecule has 2 aromatic carbocycles. The Bertz CT molecular complexity index is 702. The van der Waals surface area contributed by atoms with Crippen molar-refractivity contribution in [2.75, 3.05) is 20.6 Å². The second-order valence-corrected chi connectivity index (χ2v) is 5.76. The third-order valence-electron chi connectivity index (χ3n) is 3.84. The zero-order valence-electron chi connectivity index (χ0n) is 13.8. The number of likely N-dealkylation sites (N-methyl/N-ethyl adjacent to an activating group) is 1. The lowest BCUT2D eigenvalue weighted by molar-refractivity contribution is -0.385. The van der Waals surface area contributed by atoms with E-state index in [1.807, 2.05) is 49.3 Å². The Labute approximate surface area is 141 Å². The maximum absolute atomic E-state index is 12.2. The van der Waals surface area contributed by atoms with Crippen LogP contribution in [-0.2, 0) is 11.2 Å². The van der Waals surface area contributed by atoms with E-state index in [4.69, 9.17) is 0 Å². The van der Waals surface area contributed by atoms with E-state index in [0.29, 0.717) is 12.1 Å². The van der Waals surface area contributed by atoms with Gasteiger partial charge in [0, 0.05) is 18.2 Å². The Morgan fingerprint density at radius 1 is 1.12 bits per heavy atom. The summed E-state index contributed by atoms with van der Waals surface area (Å²) in [6.45, 7) is 0.441. The predicted octanol–water partition coefficient (Wildman–Crippen LogP) is 2.56. The number of para-hydroxylation sites is 1. The normalized spacial score (nSPS) is 12.0. The van der Waals surface area contributed by atoms with Crippen molar-refractivity contribution in [1.82, 2.24) is 10.2 Å². The van der Waals surface area contributed by atoms with Gasteiger partial charge >= 0.3 is 0 Å². The number of nitrogens with zero attached hydrogens (tertiary/aromatic N) is 2. The molecule has 0 fully saturated rings. The van der Waals surface area contributed by atoms with Crippen molar-refractivity contribution in [2.24, 2.45) is 0 Å². The summed E-state index contributed by atoms with van der Waals surface area (Å²) in [5.41, 5.74) is 1.49. The number of nitro groups is 1. The molecule has 0 saturated heterocycles. The SMILES string of the molecule is CN(C)[C@@H](CNC(=O)Cc1ccccc1[N+](=O)[O-])c1ccccc1. The summed E-state index contributed by atoms with van der Waals surface area (Å²) in [7, 11) is 3.90. The lowest BCUT2D eigenvalue weighted by atomic mass is 10.1. The minimum atomic E-state index is -0.463. The second-order valence-electron chi connectivity index (χ2n) is 5.76. The van der Waals surface area contributed by atoms with Crippen LogP contribution in [0.2, 0.25) is 0 Å². The number of nitrogens with one attached hydrogen (secondary N) is 1. The topological polar surface area (TPSA) is 75.5 Å². The molecule has 1 amide bonds. The van der Waals surface area contributed by atoms with Gasteiger partial charge in [-0.3, -0.25) is 14.9 Å². The minimum absolute atomic E-state index is 0.00785. The van der Waals surface area contributed by atoms with E-state index in [2.05, 4.69) is 5.32 Å². The fraction of sp³-hybridized carbons (Fsp3) is 0.278. The van der Waals surface area contributed by atoms with E-state index in [-0.39, 0.29) is 24.1 Å². The molecule has 24 heavy (non-hydrogen) atoms. The number of carbonyl (C=O) groups is 1. The van der Waals surface area contributed by atoms with Crippen LogP contribution >= 0.6 is 0 Å². The largest absolute Gasteiger partial charge is 0.354 e. The van der Waals surface area contributed by atoms with Crippen molar-refractivity contribution < 1.29 is 9.72 Å². The van der Waals surface area contributed by atoms with Gasteiger partial charge in [0.2, 0.25) is 5.91 Å². The monoisotopic (exact) mass is 327 g/mol. The number of nitro benzene ring substituents is 1. The third kappa shape index (κ3) is 4.63. The summed E-state index contributed by atoms with van der Waals surface area (Å²) < 4.78 is 0. The van der Waals surface area contributed by atoms with Crippen LogP contribution in [-0.4, -0.2) is 36.4 Å². The molecule has 0 saturated carbocycles. The molecular weight excluding hydrogens is 306 g/mol. The molecule has 1 N–H and O–H groups in total. The van der Waals surface area contributed by atoms with Crippen LogP contribution in [0.4, 0.5) is 5.69 Å². The summed E-state index contributed by atoms with van der Waals surface area (Å²) >= 11 is 0. The zero-order chi connectivity index (χ0) is 17.5. The van der Waals surface area contributed by atoms with E-state index in [1.165, 1.54) is 6.07 Å². The van der Waals surface area contributed by atoms with Gasteiger partial charge in [-0.2, -0.15) is 0 Å². The minimum Gasteiger partial charge on any atom is -0.354 e. The molecule has 0 aromatic heterocycles. The average Bonchev–Trinajstić information content (AvgIpc) is 2.56. The Kier molecular flexibility index (Phi) is 6.03. The number of carbonyl (C=O) groups excluding carboxylic acids is 1. The molecule has 1 atom stereocenters. The molecule has 0 bridgehead atoms. The molecule has 6 nitrogen and oxygen atoms in total. The van der Waals surface area contributed by atoms with Crippen LogP contribution in [0.15, 0.2) is 54.6 Å². The molecule has 2 rings (SSSR count). The Morgan fingerprint density at radius 3 is 2.38 bits per heavy atom. The first-order chi connectivity index (χ1) is 11.5. The van der Waals surface area contributed by atoms with Crippen LogP contribution in [0.3, 0.4) is 0 Å². The number of benzene rings is 2. The lowest BCUT2D eigenvalue weighted by Gasteiger charge is -2.25. The molecule has 0 unspecified atom stereocenters. The fourth-order valence-corrected chi connectivity index (χ4v) is 2.56. The Hall–Kier alpha value is -2.73. The van der Waals surface area contributed by atoms with Crippen LogP contribution < -0.4 is 5.32 Å². The van der Waals surface area contributed by atoms with Gasteiger partial charge in [-0.25, -0.2) is 0 Å². The van der Waals surface area contributed by atoms with Gasteiger partial charge in [0.25, 0.3) is 5.69 Å². The third-order valence-corrected chi connectivity index (χ3v) is 3.84. The van der Waals surface area contributed by atoms with Gasteiger partial charge in [-0.05, 0) is 19.7 Å². The number of amides is 1. The first kappa shape index (κ1) is 17.6. The van der Waals surface area contributed by atoms with Gasteiger partial charge in [-0.1, -0.05) is 48.5 Å². The van der Waals surface area contributed by atoms with E-state index < -0.39 is 4.92 Å². The molecule has 0 aliphatic heterocycles. The van der Waals surface area contributed by atoms with Crippen molar-refractivity contribution in [3.05, 3.63) is 75.8 Å². The van der Waals surface area contributed by atoms with E-state index >= 15 is 0 Å². The summed E-state index contributed by atoms with van der Waals surface area (Å²) in [6.07, 6.45) is -0.00785.